The fraction of sp³-hybridized carbons (Fsp3) is 0.800. The van der Waals surface area contributed by atoms with Gasteiger partial charge < -0.3 is 10.4 Å². The first-order valence-electron chi connectivity index (χ1n) is 5.19. The molecule has 1 heterocycles. The van der Waals surface area contributed by atoms with Gasteiger partial charge in [0.15, 0.2) is 0 Å². The Morgan fingerprint density at radius 1 is 1.60 bits per heavy atom. The summed E-state index contributed by atoms with van der Waals surface area (Å²) in [7, 11) is 0. The minimum absolute atomic E-state index is 0.00954. The quantitative estimate of drug-likeness (QED) is 0.756. The highest BCUT2D eigenvalue weighted by Crippen LogP contribution is 2.22. The number of hydrogen-bond acceptors (Lipinski definition) is 3. The summed E-state index contributed by atoms with van der Waals surface area (Å²) in [5, 5.41) is 11.4. The molecule has 0 saturated carbocycles. The highest BCUT2D eigenvalue weighted by atomic mass is 32.2. The van der Waals surface area contributed by atoms with Crippen molar-refractivity contribution in [1.82, 2.24) is 5.32 Å². The van der Waals surface area contributed by atoms with Gasteiger partial charge in [0.05, 0.1) is 5.92 Å². The minimum Gasteiger partial charge on any atom is -0.481 e. The predicted octanol–water partition coefficient (Wildman–Crippen LogP) is 0.967. The molecule has 15 heavy (non-hydrogen) atoms. The van der Waals surface area contributed by atoms with E-state index in [9.17, 15) is 9.59 Å². The van der Waals surface area contributed by atoms with Crippen molar-refractivity contribution in [1.29, 1.82) is 0 Å². The summed E-state index contributed by atoms with van der Waals surface area (Å²) in [5.41, 5.74) is 0. The number of hydrogen-bond donors (Lipinski definition) is 2. The smallest absolute Gasteiger partial charge is 0.308 e. The fourth-order valence-corrected chi connectivity index (χ4v) is 2.57. The van der Waals surface area contributed by atoms with Crippen LogP contribution < -0.4 is 5.32 Å². The van der Waals surface area contributed by atoms with Crippen molar-refractivity contribution < 1.29 is 14.7 Å². The molecule has 2 N–H and O–H groups in total. The Balaban J connectivity index is 2.25. The van der Waals surface area contributed by atoms with Crippen molar-refractivity contribution in [2.75, 3.05) is 18.1 Å². The molecule has 0 aliphatic carbocycles. The molecule has 1 amide bonds. The van der Waals surface area contributed by atoms with Gasteiger partial charge in [-0.05, 0) is 18.6 Å². The lowest BCUT2D eigenvalue weighted by Gasteiger charge is -2.20. The Labute approximate surface area is 93.8 Å². The average Bonchev–Trinajstić information content (AvgIpc) is 2.26. The molecule has 0 aromatic heterocycles. The van der Waals surface area contributed by atoms with Crippen LogP contribution in [0.5, 0.6) is 0 Å². The van der Waals surface area contributed by atoms with Crippen LogP contribution in [0.3, 0.4) is 0 Å². The van der Waals surface area contributed by atoms with E-state index in [4.69, 9.17) is 5.11 Å². The highest BCUT2D eigenvalue weighted by Gasteiger charge is 2.22. The molecule has 0 aromatic rings. The lowest BCUT2D eigenvalue weighted by atomic mass is 10.0. The lowest BCUT2D eigenvalue weighted by Crippen LogP contribution is -2.37. The van der Waals surface area contributed by atoms with Crippen LogP contribution in [0, 0.1) is 11.8 Å². The van der Waals surface area contributed by atoms with Crippen LogP contribution in [0.25, 0.3) is 0 Å². The second kappa shape index (κ2) is 6.00. The van der Waals surface area contributed by atoms with Gasteiger partial charge in [0, 0.05) is 18.2 Å². The molecule has 0 spiro atoms. The summed E-state index contributed by atoms with van der Waals surface area (Å²) < 4.78 is 0. The van der Waals surface area contributed by atoms with Crippen molar-refractivity contribution in [3.63, 3.8) is 0 Å². The van der Waals surface area contributed by atoms with E-state index in [1.54, 1.807) is 18.7 Å². The van der Waals surface area contributed by atoms with Crippen LogP contribution in [-0.2, 0) is 9.59 Å². The topological polar surface area (TPSA) is 66.4 Å². The molecule has 1 rings (SSSR count). The van der Waals surface area contributed by atoms with Crippen molar-refractivity contribution in [3.8, 4) is 0 Å². The minimum atomic E-state index is -0.867. The van der Waals surface area contributed by atoms with Gasteiger partial charge in [0.2, 0.25) is 5.91 Å². The molecule has 1 fully saturated rings. The summed E-state index contributed by atoms with van der Waals surface area (Å²) in [6.07, 6.45) is 2.01. The van der Waals surface area contributed by atoms with Gasteiger partial charge in [-0.15, -0.1) is 0 Å². The van der Waals surface area contributed by atoms with Crippen LogP contribution in [-0.4, -0.2) is 35.0 Å². The van der Waals surface area contributed by atoms with E-state index in [1.807, 2.05) is 0 Å². The first-order chi connectivity index (χ1) is 7.11. The Bertz CT molecular complexity index is 239. The third-order valence-electron chi connectivity index (χ3n) is 2.54. The molecule has 5 heteroatoms. The second-order valence-corrected chi connectivity index (χ2v) is 5.05. The first kappa shape index (κ1) is 12.4. The van der Waals surface area contributed by atoms with Crippen molar-refractivity contribution in [2.45, 2.75) is 19.8 Å². The Kier molecular flexibility index (Phi) is 4.94. The normalized spacial score (nSPS) is 23.1. The lowest BCUT2D eigenvalue weighted by molar-refractivity contribution is -0.141. The number of thioether (sulfide) groups is 1. The van der Waals surface area contributed by atoms with Crippen molar-refractivity contribution in [3.05, 3.63) is 0 Å². The molecule has 0 radical (unpaired) electrons. The van der Waals surface area contributed by atoms with Crippen molar-refractivity contribution >= 4 is 23.6 Å². The summed E-state index contributed by atoms with van der Waals surface area (Å²) >= 11 is 1.79. The highest BCUT2D eigenvalue weighted by molar-refractivity contribution is 7.99. The number of amides is 1. The summed E-state index contributed by atoms with van der Waals surface area (Å²) in [5.74, 6) is 0.710. The van der Waals surface area contributed by atoms with E-state index in [-0.39, 0.29) is 18.4 Å². The van der Waals surface area contributed by atoms with Crippen LogP contribution in [0.1, 0.15) is 19.8 Å². The van der Waals surface area contributed by atoms with E-state index in [1.165, 1.54) is 0 Å². The van der Waals surface area contributed by atoms with Gasteiger partial charge in [-0.1, -0.05) is 6.92 Å². The van der Waals surface area contributed by atoms with Crippen LogP contribution in [0.2, 0.25) is 0 Å². The Morgan fingerprint density at radius 3 is 2.87 bits per heavy atom. The molecule has 2 atom stereocenters. The number of aliphatic carboxylic acids is 1. The third-order valence-corrected chi connectivity index (χ3v) is 3.75. The number of nitrogens with one attached hydrogen (secondary N) is 1. The van der Waals surface area contributed by atoms with Gasteiger partial charge in [0.25, 0.3) is 0 Å². The fourth-order valence-electron chi connectivity index (χ4n) is 1.43. The van der Waals surface area contributed by atoms with E-state index in [0.717, 1.165) is 24.3 Å². The van der Waals surface area contributed by atoms with E-state index in [2.05, 4.69) is 5.32 Å². The van der Waals surface area contributed by atoms with Gasteiger partial charge >= 0.3 is 5.97 Å². The van der Waals surface area contributed by atoms with Crippen LogP contribution in [0.4, 0.5) is 0 Å². The maximum atomic E-state index is 11.6. The molecule has 86 valence electrons. The first-order valence-corrected chi connectivity index (χ1v) is 6.35. The molecular formula is C10H17NO3S. The summed E-state index contributed by atoms with van der Waals surface area (Å²) in [6.45, 7) is 1.83. The SMILES string of the molecule is CC(CNC(=O)C1CCCSC1)C(=O)O. The monoisotopic (exact) mass is 231 g/mol. The third kappa shape index (κ3) is 4.11. The van der Waals surface area contributed by atoms with Gasteiger partial charge in [-0.2, -0.15) is 11.8 Å². The van der Waals surface area contributed by atoms with E-state index < -0.39 is 11.9 Å². The largest absolute Gasteiger partial charge is 0.481 e. The predicted molar refractivity (Wildman–Crippen MR) is 59.9 cm³/mol. The molecule has 2 unspecified atom stereocenters. The number of rotatable bonds is 4. The zero-order chi connectivity index (χ0) is 11.3. The summed E-state index contributed by atoms with van der Waals surface area (Å²) in [6, 6.07) is 0. The van der Waals surface area contributed by atoms with Crippen LogP contribution in [0.15, 0.2) is 0 Å². The molecule has 0 bridgehead atoms. The average molecular weight is 231 g/mol. The molecule has 1 aliphatic rings. The molecule has 4 nitrogen and oxygen atoms in total. The van der Waals surface area contributed by atoms with Crippen LogP contribution >= 0.6 is 11.8 Å². The molecular weight excluding hydrogens is 214 g/mol. The zero-order valence-corrected chi connectivity index (χ0v) is 9.68. The maximum absolute atomic E-state index is 11.6. The van der Waals surface area contributed by atoms with E-state index in [0.29, 0.717) is 0 Å². The maximum Gasteiger partial charge on any atom is 0.308 e. The van der Waals surface area contributed by atoms with Gasteiger partial charge in [0.1, 0.15) is 0 Å². The number of carboxylic acids is 1. The zero-order valence-electron chi connectivity index (χ0n) is 8.86. The standard InChI is InChI=1S/C10H17NO3S/c1-7(10(13)14)5-11-9(12)8-3-2-4-15-6-8/h7-8H,2-6H2,1H3,(H,11,12)(H,13,14). The molecule has 0 aromatic carbocycles. The van der Waals surface area contributed by atoms with Crippen molar-refractivity contribution in [2.24, 2.45) is 11.8 Å². The summed E-state index contributed by atoms with van der Waals surface area (Å²) in [4.78, 5) is 22.1. The molecule has 1 aliphatic heterocycles. The Hall–Kier alpha value is -0.710. The van der Waals surface area contributed by atoms with Gasteiger partial charge in [-0.3, -0.25) is 9.59 Å². The van der Waals surface area contributed by atoms with E-state index >= 15 is 0 Å². The Morgan fingerprint density at radius 2 is 2.33 bits per heavy atom. The molecule has 1 saturated heterocycles. The van der Waals surface area contributed by atoms with Gasteiger partial charge in [-0.25, -0.2) is 0 Å². The number of carbonyl (C=O) groups is 2. The second-order valence-electron chi connectivity index (χ2n) is 3.90. The number of carboxylic acid groups (broad SMARTS) is 1. The number of carbonyl (C=O) groups excluding carboxylic acids is 1.